The van der Waals surface area contributed by atoms with E-state index in [-0.39, 0.29) is 24.3 Å². The van der Waals surface area contributed by atoms with Crippen LogP contribution in [0.5, 0.6) is 0 Å². The number of hydrogen-bond acceptors (Lipinski definition) is 5. The highest BCUT2D eigenvalue weighted by Crippen LogP contribution is 2.39. The molecule has 2 atom stereocenters. The lowest BCUT2D eigenvalue weighted by Gasteiger charge is -2.23. The summed E-state index contributed by atoms with van der Waals surface area (Å²) in [5, 5.41) is 10.1. The quantitative estimate of drug-likeness (QED) is 0.476. The lowest BCUT2D eigenvalue weighted by atomic mass is 9.98. The predicted octanol–water partition coefficient (Wildman–Crippen LogP) is 5.83. The first-order valence-electron chi connectivity index (χ1n) is 11.3. The highest BCUT2D eigenvalue weighted by Gasteiger charge is 2.39. The number of hydrogen-bond donors (Lipinski definition) is 1. The number of halogens is 1. The maximum atomic E-state index is 12.7. The molecule has 0 spiro atoms. The molecule has 0 bridgehead atoms. The first-order chi connectivity index (χ1) is 17.0. The molecule has 2 aliphatic rings. The van der Waals surface area contributed by atoms with Crippen molar-refractivity contribution in [2.75, 3.05) is 5.32 Å². The van der Waals surface area contributed by atoms with Crippen LogP contribution in [0, 0.1) is 6.92 Å². The van der Waals surface area contributed by atoms with Crippen molar-refractivity contribution in [3.63, 3.8) is 0 Å². The van der Waals surface area contributed by atoms with Crippen molar-refractivity contribution in [2.45, 2.75) is 31.1 Å². The van der Waals surface area contributed by atoms with E-state index in [0.717, 1.165) is 16.8 Å². The van der Waals surface area contributed by atoms with E-state index in [1.807, 2.05) is 61.5 Å². The van der Waals surface area contributed by atoms with Crippen molar-refractivity contribution in [1.82, 2.24) is 5.01 Å². The number of amides is 2. The highest BCUT2D eigenvalue weighted by molar-refractivity contribution is 8.15. The van der Waals surface area contributed by atoms with Gasteiger partial charge in [0.1, 0.15) is 5.25 Å². The van der Waals surface area contributed by atoms with Gasteiger partial charge in [-0.2, -0.15) is 10.1 Å². The maximum absolute atomic E-state index is 12.7. The average Bonchev–Trinajstić information content (AvgIpc) is 3.44. The van der Waals surface area contributed by atoms with E-state index in [1.54, 1.807) is 5.01 Å². The molecule has 0 aliphatic carbocycles. The monoisotopic (exact) mass is 502 g/mol. The molecule has 3 aromatic rings. The number of amidine groups is 1. The topological polar surface area (TPSA) is 74.1 Å². The molecule has 0 radical (unpaired) electrons. The number of aliphatic imine (C=N–C) groups is 1. The van der Waals surface area contributed by atoms with Crippen molar-refractivity contribution in [1.29, 1.82) is 0 Å². The van der Waals surface area contributed by atoms with Crippen LogP contribution in [0.3, 0.4) is 0 Å². The van der Waals surface area contributed by atoms with E-state index in [4.69, 9.17) is 16.7 Å². The molecule has 0 aromatic heterocycles. The standard InChI is InChI=1S/C27H23ClN4O2S/c1-17-10-12-18(13-11-17)22-15-23(19-6-5-7-20(28)14-19)32(31-22)27-30-26(34)24(35-27)16-25(33)29-21-8-3-2-4-9-21/h2-14,23-24H,15-16H2,1H3,(H,29,33)/t23-,24+/m1/s1. The van der Waals surface area contributed by atoms with Gasteiger partial charge in [-0.3, -0.25) is 9.59 Å². The number of aryl methyl sites for hydroxylation is 1. The third kappa shape index (κ3) is 5.31. The first-order valence-corrected chi connectivity index (χ1v) is 12.6. The van der Waals surface area contributed by atoms with Gasteiger partial charge in [0.05, 0.1) is 11.8 Å². The van der Waals surface area contributed by atoms with Crippen LogP contribution in [-0.4, -0.2) is 33.0 Å². The molecule has 176 valence electrons. The SMILES string of the molecule is Cc1ccc(C2=NN(C3=NC(=O)[C@H](CC(=O)Nc4ccccc4)S3)[C@@H](c3cccc(Cl)c3)C2)cc1. The normalized spacial score (nSPS) is 19.5. The number of carbonyl (C=O) groups is 2. The van der Waals surface area contributed by atoms with Crippen LogP contribution in [0.4, 0.5) is 5.69 Å². The molecule has 2 aliphatic heterocycles. The number of benzene rings is 3. The van der Waals surface area contributed by atoms with E-state index in [9.17, 15) is 9.59 Å². The highest BCUT2D eigenvalue weighted by atomic mass is 35.5. The van der Waals surface area contributed by atoms with Gasteiger partial charge in [-0.25, -0.2) is 5.01 Å². The second-order valence-electron chi connectivity index (χ2n) is 8.49. The summed E-state index contributed by atoms with van der Waals surface area (Å²) in [5.41, 5.74) is 4.80. The molecule has 5 rings (SSSR count). The number of anilines is 1. The fraction of sp³-hybridized carbons (Fsp3) is 0.185. The van der Waals surface area contributed by atoms with Crippen molar-refractivity contribution >= 4 is 51.7 Å². The number of rotatable bonds is 5. The molecule has 2 amide bonds. The Bertz CT molecular complexity index is 1320. The fourth-order valence-corrected chi connectivity index (χ4v) is 5.35. The number of hydrazone groups is 1. The van der Waals surface area contributed by atoms with Crippen LogP contribution in [0.25, 0.3) is 0 Å². The van der Waals surface area contributed by atoms with Gasteiger partial charge in [-0.05, 0) is 42.3 Å². The number of nitrogens with zero attached hydrogens (tertiary/aromatic N) is 3. The summed E-state index contributed by atoms with van der Waals surface area (Å²) in [4.78, 5) is 29.6. The molecule has 3 aromatic carbocycles. The van der Waals surface area contributed by atoms with Crippen LogP contribution >= 0.6 is 23.4 Å². The van der Waals surface area contributed by atoms with Gasteiger partial charge in [0.2, 0.25) is 5.91 Å². The molecule has 1 N–H and O–H groups in total. The van der Waals surface area contributed by atoms with Crippen molar-refractivity contribution in [3.05, 3.63) is 101 Å². The minimum Gasteiger partial charge on any atom is -0.326 e. The Hall–Kier alpha value is -3.42. The summed E-state index contributed by atoms with van der Waals surface area (Å²) in [5.74, 6) is -0.549. The summed E-state index contributed by atoms with van der Waals surface area (Å²) in [6.45, 7) is 2.05. The number of carbonyl (C=O) groups excluding carboxylic acids is 2. The van der Waals surface area contributed by atoms with Gasteiger partial charge >= 0.3 is 0 Å². The Morgan fingerprint density at radius 2 is 1.86 bits per heavy atom. The van der Waals surface area contributed by atoms with Gasteiger partial charge < -0.3 is 5.32 Å². The van der Waals surface area contributed by atoms with Crippen LogP contribution in [0.1, 0.15) is 35.6 Å². The minimum atomic E-state index is -0.590. The molecule has 35 heavy (non-hydrogen) atoms. The van der Waals surface area contributed by atoms with Gasteiger partial charge in [0.25, 0.3) is 5.91 Å². The van der Waals surface area contributed by atoms with Gasteiger partial charge in [-0.1, -0.05) is 83.5 Å². The lowest BCUT2D eigenvalue weighted by Crippen LogP contribution is -2.25. The molecule has 0 fully saturated rings. The molecular weight excluding hydrogens is 480 g/mol. The number of nitrogens with one attached hydrogen (secondary N) is 1. The zero-order valence-electron chi connectivity index (χ0n) is 19.0. The summed E-state index contributed by atoms with van der Waals surface area (Å²) in [7, 11) is 0. The molecule has 2 heterocycles. The fourth-order valence-electron chi connectivity index (χ4n) is 4.09. The summed E-state index contributed by atoms with van der Waals surface area (Å²) >= 11 is 7.56. The second kappa shape index (κ2) is 10.1. The minimum absolute atomic E-state index is 0.0373. The van der Waals surface area contributed by atoms with Crippen molar-refractivity contribution in [2.24, 2.45) is 10.1 Å². The summed E-state index contributed by atoms with van der Waals surface area (Å²) < 4.78 is 0. The zero-order chi connectivity index (χ0) is 24.4. The van der Waals surface area contributed by atoms with Crippen LogP contribution in [-0.2, 0) is 9.59 Å². The van der Waals surface area contributed by atoms with E-state index in [0.29, 0.717) is 22.3 Å². The molecule has 0 saturated heterocycles. The Morgan fingerprint density at radius 1 is 1.09 bits per heavy atom. The van der Waals surface area contributed by atoms with E-state index >= 15 is 0 Å². The first kappa shape index (κ1) is 23.3. The van der Waals surface area contributed by atoms with E-state index in [1.165, 1.54) is 17.3 Å². The van der Waals surface area contributed by atoms with Gasteiger partial charge in [0, 0.05) is 23.6 Å². The third-order valence-corrected chi connectivity index (χ3v) is 7.26. The van der Waals surface area contributed by atoms with Crippen LogP contribution < -0.4 is 5.32 Å². The van der Waals surface area contributed by atoms with Crippen LogP contribution in [0.2, 0.25) is 5.02 Å². The Balaban J connectivity index is 1.37. The molecule has 8 heteroatoms. The number of para-hydroxylation sites is 1. The second-order valence-corrected chi connectivity index (χ2v) is 10.1. The van der Waals surface area contributed by atoms with Gasteiger partial charge in [0.15, 0.2) is 5.17 Å². The molecule has 6 nitrogen and oxygen atoms in total. The molecule has 0 saturated carbocycles. The largest absolute Gasteiger partial charge is 0.326 e. The van der Waals surface area contributed by atoms with Crippen LogP contribution in [0.15, 0.2) is 89.0 Å². The van der Waals surface area contributed by atoms with E-state index in [2.05, 4.69) is 34.6 Å². The Morgan fingerprint density at radius 3 is 2.60 bits per heavy atom. The third-order valence-electron chi connectivity index (χ3n) is 5.88. The smallest absolute Gasteiger partial charge is 0.262 e. The average molecular weight is 503 g/mol. The summed E-state index contributed by atoms with van der Waals surface area (Å²) in [6, 6.07) is 24.9. The molecule has 0 unspecified atom stereocenters. The van der Waals surface area contributed by atoms with Crippen molar-refractivity contribution in [3.8, 4) is 0 Å². The summed E-state index contributed by atoms with van der Waals surface area (Å²) in [6.07, 6.45) is 0.686. The molecular formula is C27H23ClN4O2S. The Labute approximate surface area is 213 Å². The lowest BCUT2D eigenvalue weighted by molar-refractivity contribution is -0.121. The van der Waals surface area contributed by atoms with E-state index < -0.39 is 5.25 Å². The zero-order valence-corrected chi connectivity index (χ0v) is 20.6. The maximum Gasteiger partial charge on any atom is 0.262 e. The van der Waals surface area contributed by atoms with Gasteiger partial charge in [-0.15, -0.1) is 0 Å². The number of thioether (sulfide) groups is 1. The predicted molar refractivity (Wildman–Crippen MR) is 142 cm³/mol. The Kier molecular flexibility index (Phi) is 6.70. The van der Waals surface area contributed by atoms with Crippen molar-refractivity contribution < 1.29 is 9.59 Å².